The Morgan fingerprint density at radius 2 is 2.00 bits per heavy atom. The first kappa shape index (κ1) is 16.2. The number of amides is 2. The Hall–Kier alpha value is -2.21. The normalized spacial score (nSPS) is 13.3. The smallest absolute Gasteiger partial charge is 0.299 e. The van der Waals surface area contributed by atoms with Crippen molar-refractivity contribution in [2.45, 2.75) is 19.8 Å². The Morgan fingerprint density at radius 1 is 1.27 bits per heavy atom. The monoisotopic (exact) mass is 322 g/mol. The van der Waals surface area contributed by atoms with Crippen LogP contribution in [0, 0.1) is 0 Å². The Balaban J connectivity index is 2.25. The second kappa shape index (κ2) is 6.70. The summed E-state index contributed by atoms with van der Waals surface area (Å²) < 4.78 is 0. The number of Topliss-reactive ketones (excluding diaryl/α,β-unsaturated/α-hetero) is 2. The molecule has 0 radical (unpaired) electrons. The zero-order valence-electron chi connectivity index (χ0n) is 12.0. The molecule has 0 saturated heterocycles. The van der Waals surface area contributed by atoms with E-state index in [0.29, 0.717) is 30.2 Å². The lowest BCUT2D eigenvalue weighted by Crippen LogP contribution is -2.30. The summed E-state index contributed by atoms with van der Waals surface area (Å²) in [4.78, 5) is 48.2. The summed E-state index contributed by atoms with van der Waals surface area (Å²) in [6.07, 6.45) is 0.671. The Labute approximate surface area is 132 Å². The van der Waals surface area contributed by atoms with Gasteiger partial charge < -0.3 is 10.2 Å². The molecule has 0 bridgehead atoms. The zero-order chi connectivity index (χ0) is 16.3. The van der Waals surface area contributed by atoms with Crippen molar-refractivity contribution in [3.63, 3.8) is 0 Å². The number of ketones is 2. The number of halogens is 1. The molecule has 0 saturated carbocycles. The Kier molecular flexibility index (Phi) is 4.92. The lowest BCUT2D eigenvalue weighted by molar-refractivity contribution is -0.134. The number of benzene rings is 1. The van der Waals surface area contributed by atoms with Crippen LogP contribution in [0.5, 0.6) is 0 Å². The molecule has 6 nitrogen and oxygen atoms in total. The van der Waals surface area contributed by atoms with E-state index in [1.807, 2.05) is 0 Å². The van der Waals surface area contributed by atoms with E-state index in [9.17, 15) is 19.2 Å². The van der Waals surface area contributed by atoms with Crippen LogP contribution in [-0.4, -0.2) is 35.8 Å². The highest BCUT2D eigenvalue weighted by Gasteiger charge is 2.35. The van der Waals surface area contributed by atoms with Gasteiger partial charge in [-0.3, -0.25) is 19.2 Å². The molecular formula is C15H15ClN2O4. The molecule has 116 valence electrons. The fraction of sp³-hybridized carbons (Fsp3) is 0.333. The quantitative estimate of drug-likeness (QED) is 0.639. The molecule has 1 aliphatic rings. The summed E-state index contributed by atoms with van der Waals surface area (Å²) in [6, 6.07) is 4.55. The predicted molar refractivity (Wildman–Crippen MR) is 82.4 cm³/mol. The minimum absolute atomic E-state index is 0.0976. The van der Waals surface area contributed by atoms with Crippen molar-refractivity contribution >= 4 is 46.4 Å². The molecule has 1 N–H and O–H groups in total. The van der Waals surface area contributed by atoms with Gasteiger partial charge in [0.1, 0.15) is 0 Å². The van der Waals surface area contributed by atoms with Crippen LogP contribution in [0.2, 0.25) is 0 Å². The van der Waals surface area contributed by atoms with E-state index < -0.39 is 23.4 Å². The van der Waals surface area contributed by atoms with Crippen LogP contribution < -0.4 is 10.2 Å². The zero-order valence-corrected chi connectivity index (χ0v) is 12.8. The van der Waals surface area contributed by atoms with Gasteiger partial charge >= 0.3 is 0 Å². The average Bonchev–Trinajstić information content (AvgIpc) is 2.76. The molecule has 0 atom stereocenters. The van der Waals surface area contributed by atoms with Crippen LogP contribution in [0.25, 0.3) is 0 Å². The average molecular weight is 323 g/mol. The van der Waals surface area contributed by atoms with Gasteiger partial charge in [-0.2, -0.15) is 0 Å². The van der Waals surface area contributed by atoms with Crippen LogP contribution >= 0.6 is 11.6 Å². The van der Waals surface area contributed by atoms with Crippen LogP contribution in [0.1, 0.15) is 30.1 Å². The van der Waals surface area contributed by atoms with Gasteiger partial charge in [-0.1, -0.05) is 6.92 Å². The van der Waals surface area contributed by atoms with Crippen molar-refractivity contribution in [3.05, 3.63) is 23.8 Å². The molecule has 1 aliphatic heterocycles. The van der Waals surface area contributed by atoms with Gasteiger partial charge in [0, 0.05) is 24.5 Å². The van der Waals surface area contributed by atoms with Crippen LogP contribution in [-0.2, 0) is 14.4 Å². The third kappa shape index (κ3) is 3.01. The van der Waals surface area contributed by atoms with Gasteiger partial charge in [0.25, 0.3) is 17.6 Å². The molecule has 2 amide bonds. The first-order valence-corrected chi connectivity index (χ1v) is 7.43. The third-order valence-corrected chi connectivity index (χ3v) is 3.59. The number of anilines is 2. The number of hydrogen-bond acceptors (Lipinski definition) is 4. The van der Waals surface area contributed by atoms with Crippen LogP contribution in [0.3, 0.4) is 0 Å². The van der Waals surface area contributed by atoms with Crippen molar-refractivity contribution in [2.75, 3.05) is 22.6 Å². The van der Waals surface area contributed by atoms with Crippen LogP contribution in [0.15, 0.2) is 18.2 Å². The van der Waals surface area contributed by atoms with E-state index in [0.717, 1.165) is 0 Å². The SMILES string of the molecule is CCC(=O)C(=O)Nc1ccc2c(c1)C(=O)C(=O)N2CCCCl. The molecule has 1 aromatic rings. The minimum Gasteiger partial charge on any atom is -0.319 e. The molecule has 7 heteroatoms. The highest BCUT2D eigenvalue weighted by atomic mass is 35.5. The fourth-order valence-electron chi connectivity index (χ4n) is 2.18. The standard InChI is InChI=1S/C15H15ClN2O4/c1-2-12(19)14(21)17-9-4-5-11-10(8-9)13(20)15(22)18(11)7-3-6-16/h4-5,8H,2-3,6-7H2,1H3,(H,17,21). The summed E-state index contributed by atoms with van der Waals surface area (Å²) in [5.41, 5.74) is 1.03. The molecule has 1 aromatic carbocycles. The van der Waals surface area contributed by atoms with Crippen molar-refractivity contribution in [1.29, 1.82) is 0 Å². The van der Waals surface area contributed by atoms with Crippen molar-refractivity contribution in [1.82, 2.24) is 0 Å². The minimum atomic E-state index is -0.738. The van der Waals surface area contributed by atoms with E-state index in [1.54, 1.807) is 19.1 Å². The molecule has 2 rings (SSSR count). The summed E-state index contributed by atoms with van der Waals surface area (Å²) >= 11 is 5.61. The van der Waals surface area contributed by atoms with E-state index in [4.69, 9.17) is 11.6 Å². The lowest BCUT2D eigenvalue weighted by Gasteiger charge is -2.15. The summed E-state index contributed by atoms with van der Waals surface area (Å²) in [7, 11) is 0. The van der Waals surface area contributed by atoms with Gasteiger partial charge in [0.05, 0.1) is 11.3 Å². The topological polar surface area (TPSA) is 83.5 Å². The van der Waals surface area contributed by atoms with E-state index in [1.165, 1.54) is 11.0 Å². The summed E-state index contributed by atoms with van der Waals surface area (Å²) in [5, 5.41) is 2.42. The summed E-state index contributed by atoms with van der Waals surface area (Å²) in [5.74, 6) is -2.12. The number of carbonyl (C=O) groups excluding carboxylic acids is 4. The molecular weight excluding hydrogens is 308 g/mol. The maximum absolute atomic E-state index is 12.0. The number of rotatable bonds is 6. The number of hydrogen-bond donors (Lipinski definition) is 1. The van der Waals surface area contributed by atoms with E-state index >= 15 is 0 Å². The first-order valence-electron chi connectivity index (χ1n) is 6.90. The number of nitrogens with one attached hydrogen (secondary N) is 1. The first-order chi connectivity index (χ1) is 10.5. The molecule has 0 unspecified atom stereocenters. The van der Waals surface area contributed by atoms with E-state index in [-0.39, 0.29) is 12.0 Å². The molecule has 0 fully saturated rings. The largest absolute Gasteiger partial charge is 0.319 e. The van der Waals surface area contributed by atoms with E-state index in [2.05, 4.69) is 5.32 Å². The van der Waals surface area contributed by atoms with Gasteiger partial charge in [0.2, 0.25) is 5.78 Å². The lowest BCUT2D eigenvalue weighted by atomic mass is 10.1. The fourth-order valence-corrected chi connectivity index (χ4v) is 2.30. The van der Waals surface area contributed by atoms with Gasteiger partial charge in [-0.15, -0.1) is 11.6 Å². The Morgan fingerprint density at radius 3 is 2.64 bits per heavy atom. The molecule has 0 spiro atoms. The maximum Gasteiger partial charge on any atom is 0.299 e. The van der Waals surface area contributed by atoms with Crippen molar-refractivity contribution < 1.29 is 19.2 Å². The highest BCUT2D eigenvalue weighted by molar-refractivity contribution is 6.52. The second-order valence-electron chi connectivity index (χ2n) is 4.79. The van der Waals surface area contributed by atoms with Crippen LogP contribution in [0.4, 0.5) is 11.4 Å². The van der Waals surface area contributed by atoms with Gasteiger partial charge in [-0.05, 0) is 24.6 Å². The van der Waals surface area contributed by atoms with Gasteiger partial charge in [-0.25, -0.2) is 0 Å². The van der Waals surface area contributed by atoms with Gasteiger partial charge in [0.15, 0.2) is 0 Å². The third-order valence-electron chi connectivity index (χ3n) is 3.32. The number of nitrogens with zero attached hydrogens (tertiary/aromatic N) is 1. The molecule has 22 heavy (non-hydrogen) atoms. The number of alkyl halides is 1. The molecule has 1 heterocycles. The highest BCUT2D eigenvalue weighted by Crippen LogP contribution is 2.31. The maximum atomic E-state index is 12.0. The second-order valence-corrected chi connectivity index (χ2v) is 5.17. The molecule has 0 aliphatic carbocycles. The van der Waals surface area contributed by atoms with Crippen molar-refractivity contribution in [2.24, 2.45) is 0 Å². The van der Waals surface area contributed by atoms with Crippen molar-refractivity contribution in [3.8, 4) is 0 Å². The number of carbonyl (C=O) groups is 4. The Bertz CT molecular complexity index is 657. The predicted octanol–water partition coefficient (Wildman–Crippen LogP) is 1.76. The summed E-state index contributed by atoms with van der Waals surface area (Å²) in [6.45, 7) is 1.95. The molecule has 0 aromatic heterocycles. The number of fused-ring (bicyclic) bond motifs is 1.